The van der Waals surface area contributed by atoms with Crippen molar-refractivity contribution in [2.45, 2.75) is 84.5 Å². The van der Waals surface area contributed by atoms with Crippen LogP contribution in [0, 0.1) is 22.7 Å². The van der Waals surface area contributed by atoms with Crippen molar-refractivity contribution in [1.82, 2.24) is 10.2 Å². The molecule has 0 bridgehead atoms. The molecule has 7 atom stereocenters. The Morgan fingerprint density at radius 2 is 1.88 bits per heavy atom. The van der Waals surface area contributed by atoms with Crippen LogP contribution in [0.5, 0.6) is 0 Å². The number of fused-ring (bicyclic) bond motifs is 1. The van der Waals surface area contributed by atoms with Crippen LogP contribution >= 0.6 is 0 Å². The van der Waals surface area contributed by atoms with Crippen molar-refractivity contribution < 1.29 is 38.9 Å². The maximum absolute atomic E-state index is 13.4. The van der Waals surface area contributed by atoms with Gasteiger partial charge < -0.3 is 29.9 Å². The number of hydrogen-bond acceptors (Lipinski definition) is 8. The van der Waals surface area contributed by atoms with E-state index < -0.39 is 35.1 Å². The van der Waals surface area contributed by atoms with Crippen molar-refractivity contribution in [2.24, 2.45) is 22.7 Å². The second-order valence-electron chi connectivity index (χ2n) is 12.6. The van der Waals surface area contributed by atoms with Crippen LogP contribution in [-0.2, 0) is 19.1 Å². The van der Waals surface area contributed by atoms with Crippen LogP contribution in [0.4, 0.5) is 10.5 Å². The van der Waals surface area contributed by atoms with Gasteiger partial charge in [0.2, 0.25) is 11.8 Å². The van der Waals surface area contributed by atoms with E-state index in [9.17, 15) is 29.4 Å². The van der Waals surface area contributed by atoms with E-state index in [4.69, 9.17) is 9.47 Å². The quantitative estimate of drug-likeness (QED) is 0.338. The van der Waals surface area contributed by atoms with Crippen LogP contribution in [0.15, 0.2) is 24.3 Å². The minimum absolute atomic E-state index is 0.0396. The van der Waals surface area contributed by atoms with Crippen LogP contribution < -0.4 is 10.6 Å². The van der Waals surface area contributed by atoms with E-state index in [1.165, 1.54) is 13.0 Å². The number of aliphatic hydroxyl groups excluding tert-OH is 2. The number of nitrogens with zero attached hydrogens (tertiary/aromatic N) is 1. The molecule has 2 aliphatic carbocycles. The lowest BCUT2D eigenvalue weighted by molar-refractivity contribution is -0.186. The lowest BCUT2D eigenvalue weighted by Gasteiger charge is -2.60. The molecule has 2 saturated carbocycles. The molecule has 3 fully saturated rings. The summed E-state index contributed by atoms with van der Waals surface area (Å²) >= 11 is 0. The number of likely N-dealkylation sites (tertiary alicyclic amines) is 1. The average Bonchev–Trinajstić information content (AvgIpc) is 3.40. The number of rotatable bonds is 8. The molecule has 42 heavy (non-hydrogen) atoms. The van der Waals surface area contributed by atoms with E-state index in [1.807, 2.05) is 6.92 Å². The first-order valence-corrected chi connectivity index (χ1v) is 15.0. The van der Waals surface area contributed by atoms with Crippen molar-refractivity contribution in [3.63, 3.8) is 0 Å². The summed E-state index contributed by atoms with van der Waals surface area (Å²) in [5.74, 6) is -1.05. The Hall–Kier alpha value is -3.18. The third-order valence-electron chi connectivity index (χ3n) is 9.89. The van der Waals surface area contributed by atoms with E-state index in [2.05, 4.69) is 17.6 Å². The number of carbonyl (C=O) groups is 4. The Morgan fingerprint density at radius 1 is 1.12 bits per heavy atom. The third-order valence-corrected chi connectivity index (χ3v) is 9.89. The van der Waals surface area contributed by atoms with Crippen LogP contribution in [0.1, 0.15) is 76.6 Å². The molecule has 4 rings (SSSR count). The van der Waals surface area contributed by atoms with Gasteiger partial charge in [0.25, 0.3) is 0 Å². The first-order chi connectivity index (χ1) is 19.9. The van der Waals surface area contributed by atoms with Gasteiger partial charge in [-0.1, -0.05) is 19.9 Å². The van der Waals surface area contributed by atoms with Crippen molar-refractivity contribution in [3.05, 3.63) is 29.8 Å². The molecule has 1 aromatic rings. The zero-order valence-corrected chi connectivity index (χ0v) is 25.1. The first-order valence-electron chi connectivity index (χ1n) is 15.0. The normalized spacial score (nSPS) is 32.4. The summed E-state index contributed by atoms with van der Waals surface area (Å²) in [5, 5.41) is 27.4. The van der Waals surface area contributed by atoms with Crippen molar-refractivity contribution in [3.8, 4) is 0 Å². The summed E-state index contributed by atoms with van der Waals surface area (Å²) < 4.78 is 10.9. The molecule has 1 aliphatic heterocycles. The zero-order chi connectivity index (χ0) is 30.7. The highest BCUT2D eigenvalue weighted by atomic mass is 16.6. The highest BCUT2D eigenvalue weighted by molar-refractivity contribution is 5.92. The Bertz CT molecular complexity index is 1180. The monoisotopic (exact) mass is 587 g/mol. The van der Waals surface area contributed by atoms with Gasteiger partial charge in [-0.3, -0.25) is 14.9 Å². The van der Waals surface area contributed by atoms with Gasteiger partial charge in [0, 0.05) is 43.6 Å². The molecule has 3 aliphatic rings. The molecule has 11 nitrogen and oxygen atoms in total. The molecule has 232 valence electrons. The summed E-state index contributed by atoms with van der Waals surface area (Å²) in [6.45, 7) is 8.24. The van der Waals surface area contributed by atoms with E-state index in [1.54, 1.807) is 30.0 Å². The number of esters is 1. The number of benzene rings is 1. The minimum atomic E-state index is -0.789. The van der Waals surface area contributed by atoms with Gasteiger partial charge >= 0.3 is 12.1 Å². The predicted octanol–water partition coefficient (Wildman–Crippen LogP) is 3.09. The molecular weight excluding hydrogens is 542 g/mol. The van der Waals surface area contributed by atoms with Gasteiger partial charge in [-0.25, -0.2) is 9.59 Å². The number of carbonyl (C=O) groups excluding carboxylic acids is 4. The Balaban J connectivity index is 1.44. The maximum atomic E-state index is 13.4. The lowest BCUT2D eigenvalue weighted by atomic mass is 9.46. The van der Waals surface area contributed by atoms with Gasteiger partial charge in [-0.2, -0.15) is 0 Å². The highest BCUT2D eigenvalue weighted by Crippen LogP contribution is 2.61. The third kappa shape index (κ3) is 6.57. The van der Waals surface area contributed by atoms with Crippen molar-refractivity contribution >= 4 is 29.6 Å². The molecule has 7 unspecified atom stereocenters. The lowest BCUT2D eigenvalue weighted by Crippen LogP contribution is -2.61. The molecule has 1 saturated heterocycles. The molecule has 0 aromatic heterocycles. The minimum Gasteiger partial charge on any atom is -0.462 e. The first kappa shape index (κ1) is 31.7. The van der Waals surface area contributed by atoms with Crippen LogP contribution in [0.3, 0.4) is 0 Å². The number of aliphatic hydroxyl groups is 2. The summed E-state index contributed by atoms with van der Waals surface area (Å²) in [6.07, 6.45) is 1.17. The SMILES string of the molecule is CCOC(=O)c1cccc(NC(=O)OC2CCC3(C)C(CC(=O)N4CCC(NC(C)=O)C4)C(O)CCC3C2(C)CO)c1. The molecule has 1 heterocycles. The van der Waals surface area contributed by atoms with Crippen molar-refractivity contribution in [1.29, 1.82) is 0 Å². The zero-order valence-electron chi connectivity index (χ0n) is 25.1. The van der Waals surface area contributed by atoms with Crippen LogP contribution in [0.25, 0.3) is 0 Å². The molecule has 4 N–H and O–H groups in total. The summed E-state index contributed by atoms with van der Waals surface area (Å²) in [6, 6.07) is 6.35. The second kappa shape index (κ2) is 13.0. The van der Waals surface area contributed by atoms with Crippen molar-refractivity contribution in [2.75, 3.05) is 31.6 Å². The number of ether oxygens (including phenoxy) is 2. The largest absolute Gasteiger partial charge is 0.462 e. The molecular formula is C31H45N3O8. The van der Waals surface area contributed by atoms with Gasteiger partial charge in [-0.15, -0.1) is 0 Å². The van der Waals surface area contributed by atoms with Gasteiger partial charge in [0.1, 0.15) is 6.10 Å². The number of amides is 3. The number of nitrogens with one attached hydrogen (secondary N) is 2. The van der Waals surface area contributed by atoms with Crippen LogP contribution in [0.2, 0.25) is 0 Å². The van der Waals surface area contributed by atoms with Gasteiger partial charge in [0.15, 0.2) is 0 Å². The van der Waals surface area contributed by atoms with Gasteiger partial charge in [-0.05, 0) is 74.5 Å². The predicted molar refractivity (Wildman–Crippen MR) is 154 cm³/mol. The molecule has 0 radical (unpaired) electrons. The topological polar surface area (TPSA) is 154 Å². The highest BCUT2D eigenvalue weighted by Gasteiger charge is 2.60. The molecule has 0 spiro atoms. The van der Waals surface area contributed by atoms with Gasteiger partial charge in [0.05, 0.1) is 24.9 Å². The maximum Gasteiger partial charge on any atom is 0.411 e. The molecule has 3 amide bonds. The van der Waals surface area contributed by atoms with E-state index >= 15 is 0 Å². The molecule has 1 aromatic carbocycles. The summed E-state index contributed by atoms with van der Waals surface area (Å²) in [4.78, 5) is 51.7. The summed E-state index contributed by atoms with van der Waals surface area (Å²) in [5.41, 5.74) is -0.544. The number of anilines is 1. The number of hydrogen-bond donors (Lipinski definition) is 4. The Morgan fingerprint density at radius 3 is 2.57 bits per heavy atom. The van der Waals surface area contributed by atoms with Crippen LogP contribution in [-0.4, -0.2) is 83.5 Å². The average molecular weight is 588 g/mol. The molecule has 11 heteroatoms. The smallest absolute Gasteiger partial charge is 0.411 e. The Labute approximate surface area is 247 Å². The fraction of sp³-hybridized carbons (Fsp3) is 0.677. The van der Waals surface area contributed by atoms with E-state index in [-0.39, 0.29) is 49.3 Å². The van der Waals surface area contributed by atoms with E-state index in [0.29, 0.717) is 56.4 Å². The second-order valence-corrected chi connectivity index (χ2v) is 12.6. The van der Waals surface area contributed by atoms with E-state index in [0.717, 1.165) is 0 Å². The Kier molecular flexibility index (Phi) is 9.82. The fourth-order valence-electron chi connectivity index (χ4n) is 7.70. The summed E-state index contributed by atoms with van der Waals surface area (Å²) in [7, 11) is 0. The fourth-order valence-corrected chi connectivity index (χ4v) is 7.70. The standard InChI is InChI=1S/C31H45N3O8/c1-5-41-28(39)20-7-6-8-21(15-20)33-29(40)42-26-11-13-30(3)23(24(37)9-10-25(30)31(26,4)18-35)16-27(38)34-14-12-22(17-34)32-19(2)36/h6-8,15,22-26,35,37H,5,9-14,16-18H2,1-4H3,(H,32,36)(H,33,40).